The molecule has 0 radical (unpaired) electrons. The molecule has 2 unspecified atom stereocenters. The van der Waals surface area contributed by atoms with E-state index < -0.39 is 0 Å². The largest absolute Gasteiger partial charge is 0.392 e. The number of hydrogen-bond donors (Lipinski definition) is 2. The minimum absolute atomic E-state index is 0.0946. The molecule has 0 aromatic heterocycles. The molecule has 3 rings (SSSR count). The Labute approximate surface area is 132 Å². The van der Waals surface area contributed by atoms with Gasteiger partial charge >= 0.3 is 0 Å². The molecule has 1 saturated heterocycles. The van der Waals surface area contributed by atoms with Gasteiger partial charge < -0.3 is 10.4 Å². The van der Waals surface area contributed by atoms with Gasteiger partial charge in [0.2, 0.25) is 0 Å². The Balaban J connectivity index is 1.60. The number of rotatable bonds is 5. The molecule has 1 heterocycles. The molecule has 22 heavy (non-hydrogen) atoms. The van der Waals surface area contributed by atoms with Crippen molar-refractivity contribution in [3.05, 3.63) is 65.7 Å². The van der Waals surface area contributed by atoms with Crippen LogP contribution in [0, 0.1) is 0 Å². The summed E-state index contributed by atoms with van der Waals surface area (Å²) in [6.07, 6.45) is 1.15. The number of nitrogens with one attached hydrogen (secondary N) is 1. The van der Waals surface area contributed by atoms with Crippen LogP contribution in [-0.2, 0) is 6.61 Å². The minimum atomic E-state index is 0.0946. The van der Waals surface area contributed by atoms with Crippen LogP contribution in [0.2, 0.25) is 0 Å². The summed E-state index contributed by atoms with van der Waals surface area (Å²) in [5.74, 6) is 0. The highest BCUT2D eigenvalue weighted by molar-refractivity contribution is 5.46. The van der Waals surface area contributed by atoms with Crippen molar-refractivity contribution in [1.29, 1.82) is 0 Å². The van der Waals surface area contributed by atoms with E-state index in [1.807, 2.05) is 18.2 Å². The number of benzene rings is 2. The van der Waals surface area contributed by atoms with Crippen molar-refractivity contribution in [3.8, 4) is 0 Å². The van der Waals surface area contributed by atoms with E-state index in [-0.39, 0.29) is 6.61 Å². The molecule has 2 aromatic carbocycles. The van der Waals surface area contributed by atoms with Crippen molar-refractivity contribution in [3.63, 3.8) is 0 Å². The first-order chi connectivity index (χ1) is 10.8. The molecule has 0 saturated carbocycles. The fourth-order valence-corrected chi connectivity index (χ4v) is 3.19. The Morgan fingerprint density at radius 2 is 2.00 bits per heavy atom. The van der Waals surface area contributed by atoms with Crippen LogP contribution in [0.15, 0.2) is 54.6 Å². The Morgan fingerprint density at radius 1 is 1.18 bits per heavy atom. The lowest BCUT2D eigenvalue weighted by Gasteiger charge is -2.25. The van der Waals surface area contributed by atoms with Crippen LogP contribution in [0.3, 0.4) is 0 Å². The van der Waals surface area contributed by atoms with Crippen LogP contribution in [0.1, 0.15) is 30.5 Å². The summed E-state index contributed by atoms with van der Waals surface area (Å²) in [6, 6.07) is 19.7. The average molecular weight is 296 g/mol. The van der Waals surface area contributed by atoms with E-state index in [0.717, 1.165) is 30.8 Å². The maximum absolute atomic E-state index is 9.23. The lowest BCUT2D eigenvalue weighted by atomic mass is 10.1. The van der Waals surface area contributed by atoms with E-state index in [0.29, 0.717) is 12.1 Å². The van der Waals surface area contributed by atoms with Crippen molar-refractivity contribution in [2.45, 2.75) is 32.0 Å². The summed E-state index contributed by atoms with van der Waals surface area (Å²) in [7, 11) is 0. The first kappa shape index (κ1) is 15.1. The summed E-state index contributed by atoms with van der Waals surface area (Å²) in [6.45, 7) is 4.55. The number of aliphatic hydroxyl groups is 1. The quantitative estimate of drug-likeness (QED) is 0.887. The van der Waals surface area contributed by atoms with Crippen molar-refractivity contribution < 1.29 is 5.11 Å². The Morgan fingerprint density at radius 3 is 2.77 bits per heavy atom. The van der Waals surface area contributed by atoms with E-state index in [9.17, 15) is 5.11 Å². The second kappa shape index (κ2) is 6.95. The van der Waals surface area contributed by atoms with Gasteiger partial charge in [-0.15, -0.1) is 0 Å². The summed E-state index contributed by atoms with van der Waals surface area (Å²) >= 11 is 0. The molecule has 1 aliphatic heterocycles. The summed E-state index contributed by atoms with van der Waals surface area (Å²) < 4.78 is 0. The normalized spacial score (nSPS) is 20.0. The highest BCUT2D eigenvalue weighted by atomic mass is 16.3. The van der Waals surface area contributed by atoms with Crippen LogP contribution >= 0.6 is 0 Å². The average Bonchev–Trinajstić information content (AvgIpc) is 3.03. The third kappa shape index (κ3) is 3.49. The Bertz CT molecular complexity index is 599. The molecule has 2 N–H and O–H groups in total. The van der Waals surface area contributed by atoms with Crippen molar-refractivity contribution >= 4 is 5.69 Å². The highest BCUT2D eigenvalue weighted by Gasteiger charge is 2.26. The van der Waals surface area contributed by atoms with Crippen LogP contribution in [-0.4, -0.2) is 29.1 Å². The molecule has 3 heteroatoms. The standard InChI is InChI=1S/C19H24N2O/c1-15(17-7-3-2-4-8-17)21-11-10-19(13-21)20-18-9-5-6-16(12-18)14-22/h2-9,12,15,19-20,22H,10-11,13-14H2,1H3. The summed E-state index contributed by atoms with van der Waals surface area (Å²) in [5.41, 5.74) is 3.44. The van der Waals surface area contributed by atoms with Crippen molar-refractivity contribution in [2.24, 2.45) is 0 Å². The summed E-state index contributed by atoms with van der Waals surface area (Å²) in [5, 5.41) is 12.8. The van der Waals surface area contributed by atoms with Gasteiger partial charge in [-0.3, -0.25) is 4.90 Å². The zero-order valence-corrected chi connectivity index (χ0v) is 13.1. The van der Waals surface area contributed by atoms with E-state index >= 15 is 0 Å². The molecule has 2 atom stereocenters. The van der Waals surface area contributed by atoms with Crippen LogP contribution in [0.25, 0.3) is 0 Å². The Kier molecular flexibility index (Phi) is 4.76. The fraction of sp³-hybridized carbons (Fsp3) is 0.368. The molecule has 0 bridgehead atoms. The molecule has 1 fully saturated rings. The van der Waals surface area contributed by atoms with Crippen molar-refractivity contribution in [2.75, 3.05) is 18.4 Å². The molecule has 0 spiro atoms. The second-order valence-corrected chi connectivity index (χ2v) is 6.07. The van der Waals surface area contributed by atoms with Crippen molar-refractivity contribution in [1.82, 2.24) is 4.90 Å². The number of likely N-dealkylation sites (tertiary alicyclic amines) is 1. The van der Waals surface area contributed by atoms with Gasteiger partial charge in [-0.25, -0.2) is 0 Å². The third-order valence-corrected chi connectivity index (χ3v) is 4.53. The van der Waals surface area contributed by atoms with Gasteiger partial charge in [0, 0.05) is 30.9 Å². The molecule has 0 aliphatic carbocycles. The molecule has 3 nitrogen and oxygen atoms in total. The molecular formula is C19H24N2O. The van der Waals surface area contributed by atoms with Gasteiger partial charge in [-0.2, -0.15) is 0 Å². The molecule has 2 aromatic rings. The summed E-state index contributed by atoms with van der Waals surface area (Å²) in [4.78, 5) is 2.53. The van der Waals surface area contributed by atoms with Crippen LogP contribution < -0.4 is 5.32 Å². The third-order valence-electron chi connectivity index (χ3n) is 4.53. The van der Waals surface area contributed by atoms with Gasteiger partial charge in [-0.1, -0.05) is 42.5 Å². The first-order valence-corrected chi connectivity index (χ1v) is 8.01. The van der Waals surface area contributed by atoms with Gasteiger partial charge in [0.25, 0.3) is 0 Å². The lowest BCUT2D eigenvalue weighted by Crippen LogP contribution is -2.28. The van der Waals surface area contributed by atoms with E-state index in [4.69, 9.17) is 0 Å². The molecule has 116 valence electrons. The van der Waals surface area contributed by atoms with Gasteiger partial charge in [0.15, 0.2) is 0 Å². The fourth-order valence-electron chi connectivity index (χ4n) is 3.19. The number of hydrogen-bond acceptors (Lipinski definition) is 3. The predicted octanol–water partition coefficient (Wildman–Crippen LogP) is 3.43. The van der Waals surface area contributed by atoms with Gasteiger partial charge in [0.1, 0.15) is 0 Å². The Hall–Kier alpha value is -1.84. The SMILES string of the molecule is CC(c1ccccc1)N1CCC(Nc2cccc(CO)c2)C1. The zero-order valence-electron chi connectivity index (χ0n) is 13.1. The van der Waals surface area contributed by atoms with Crippen LogP contribution in [0.5, 0.6) is 0 Å². The smallest absolute Gasteiger partial charge is 0.0682 e. The number of anilines is 1. The zero-order chi connectivity index (χ0) is 15.4. The van der Waals surface area contributed by atoms with Gasteiger partial charge in [0.05, 0.1) is 6.61 Å². The first-order valence-electron chi connectivity index (χ1n) is 8.01. The monoisotopic (exact) mass is 296 g/mol. The number of aliphatic hydroxyl groups excluding tert-OH is 1. The topological polar surface area (TPSA) is 35.5 Å². The minimum Gasteiger partial charge on any atom is -0.392 e. The van der Waals surface area contributed by atoms with E-state index in [1.165, 1.54) is 5.56 Å². The predicted molar refractivity (Wildman–Crippen MR) is 90.8 cm³/mol. The van der Waals surface area contributed by atoms with Crippen LogP contribution in [0.4, 0.5) is 5.69 Å². The van der Waals surface area contributed by atoms with Gasteiger partial charge in [-0.05, 0) is 36.6 Å². The maximum Gasteiger partial charge on any atom is 0.0682 e. The second-order valence-electron chi connectivity index (χ2n) is 6.07. The maximum atomic E-state index is 9.23. The lowest BCUT2D eigenvalue weighted by molar-refractivity contribution is 0.261. The van der Waals surface area contributed by atoms with E-state index in [1.54, 1.807) is 0 Å². The highest BCUT2D eigenvalue weighted by Crippen LogP contribution is 2.26. The molecule has 0 amide bonds. The molecule has 1 aliphatic rings. The number of nitrogens with zero attached hydrogens (tertiary/aromatic N) is 1. The molecular weight excluding hydrogens is 272 g/mol. The van der Waals surface area contributed by atoms with E-state index in [2.05, 4.69) is 53.5 Å².